The Balaban J connectivity index is 1.80. The van der Waals surface area contributed by atoms with Gasteiger partial charge in [-0.15, -0.1) is 10.2 Å². The Morgan fingerprint density at radius 1 is 0.957 bits per heavy atom. The zero-order chi connectivity index (χ0) is 16.4. The van der Waals surface area contributed by atoms with Crippen LogP contribution in [0.2, 0.25) is 15.1 Å². The third kappa shape index (κ3) is 3.75. The summed E-state index contributed by atoms with van der Waals surface area (Å²) in [6, 6.07) is 11.9. The van der Waals surface area contributed by atoms with Crippen LogP contribution >= 0.6 is 34.8 Å². The Bertz CT molecular complexity index is 883. The van der Waals surface area contributed by atoms with Gasteiger partial charge < -0.3 is 4.42 Å². The molecule has 3 aromatic rings. The van der Waals surface area contributed by atoms with Gasteiger partial charge in [0.05, 0.1) is 31.4 Å². The SMILES string of the molecule is O=S(Cc1nnc(-c2ccccc2Cl)o1)c1ccc(Cl)c(Cl)c1. The lowest BCUT2D eigenvalue weighted by atomic mass is 10.2. The Morgan fingerprint density at radius 2 is 1.74 bits per heavy atom. The van der Waals surface area contributed by atoms with Crippen LogP contribution in [0.3, 0.4) is 0 Å². The van der Waals surface area contributed by atoms with Crippen LogP contribution in [-0.2, 0) is 16.6 Å². The van der Waals surface area contributed by atoms with E-state index in [-0.39, 0.29) is 17.5 Å². The topological polar surface area (TPSA) is 56.0 Å². The second-order valence-corrected chi connectivity index (χ2v) is 7.22. The Hall–Kier alpha value is -1.40. The van der Waals surface area contributed by atoms with Crippen LogP contribution in [0.15, 0.2) is 51.8 Å². The molecule has 0 radical (unpaired) electrons. The molecule has 1 atom stereocenters. The number of halogens is 3. The molecule has 0 saturated carbocycles. The van der Waals surface area contributed by atoms with Gasteiger partial charge in [-0.1, -0.05) is 46.9 Å². The van der Waals surface area contributed by atoms with Gasteiger partial charge in [0.15, 0.2) is 0 Å². The van der Waals surface area contributed by atoms with E-state index in [1.807, 2.05) is 12.1 Å². The van der Waals surface area contributed by atoms with Gasteiger partial charge in [0.2, 0.25) is 11.8 Å². The van der Waals surface area contributed by atoms with Crippen molar-refractivity contribution in [2.75, 3.05) is 0 Å². The number of benzene rings is 2. The minimum atomic E-state index is -1.37. The highest BCUT2D eigenvalue weighted by Gasteiger charge is 2.15. The normalized spacial score (nSPS) is 12.3. The standard InChI is InChI=1S/C15H9Cl3N2O2S/c16-11-4-2-1-3-10(11)15-20-19-14(22-15)8-23(21)9-5-6-12(17)13(18)7-9/h1-7H,8H2. The fourth-order valence-corrected chi connectivity index (χ4v) is 3.43. The third-order valence-corrected chi connectivity index (χ3v) is 5.34. The van der Waals surface area contributed by atoms with Crippen LogP contribution in [-0.4, -0.2) is 14.4 Å². The van der Waals surface area contributed by atoms with Crippen LogP contribution in [0, 0.1) is 0 Å². The minimum Gasteiger partial charge on any atom is -0.420 e. The molecule has 0 N–H and O–H groups in total. The molecular weight excluding hydrogens is 379 g/mol. The lowest BCUT2D eigenvalue weighted by Gasteiger charge is -2.01. The fourth-order valence-electron chi connectivity index (χ4n) is 1.87. The fraction of sp³-hybridized carbons (Fsp3) is 0.0667. The summed E-state index contributed by atoms with van der Waals surface area (Å²) in [5, 5.41) is 9.12. The van der Waals surface area contributed by atoms with Gasteiger partial charge in [-0.2, -0.15) is 0 Å². The molecule has 0 fully saturated rings. The average Bonchev–Trinajstić information content (AvgIpc) is 2.98. The molecule has 1 heterocycles. The average molecular weight is 388 g/mol. The van der Waals surface area contributed by atoms with E-state index in [1.54, 1.807) is 30.3 Å². The molecule has 1 aromatic heterocycles. The molecule has 0 aliphatic heterocycles. The van der Waals surface area contributed by atoms with Crippen LogP contribution in [0.1, 0.15) is 5.89 Å². The predicted molar refractivity (Wildman–Crippen MR) is 91.3 cm³/mol. The molecule has 2 aromatic carbocycles. The minimum absolute atomic E-state index is 0.0788. The summed E-state index contributed by atoms with van der Waals surface area (Å²) in [4.78, 5) is 0.539. The lowest BCUT2D eigenvalue weighted by Crippen LogP contribution is -1.97. The predicted octanol–water partition coefficient (Wildman–Crippen LogP) is 5.00. The van der Waals surface area contributed by atoms with Gasteiger partial charge in [0.1, 0.15) is 5.75 Å². The largest absolute Gasteiger partial charge is 0.420 e. The van der Waals surface area contributed by atoms with Gasteiger partial charge in [0, 0.05) is 4.90 Å². The number of rotatable bonds is 4. The van der Waals surface area contributed by atoms with Crippen molar-refractivity contribution in [3.05, 3.63) is 63.4 Å². The van der Waals surface area contributed by atoms with E-state index in [4.69, 9.17) is 39.2 Å². The summed E-state index contributed by atoms with van der Waals surface area (Å²) in [6.45, 7) is 0. The van der Waals surface area contributed by atoms with E-state index in [9.17, 15) is 4.21 Å². The van der Waals surface area contributed by atoms with Crippen LogP contribution in [0.5, 0.6) is 0 Å². The highest BCUT2D eigenvalue weighted by molar-refractivity contribution is 7.84. The maximum Gasteiger partial charge on any atom is 0.249 e. The second kappa shape index (κ2) is 7.01. The summed E-state index contributed by atoms with van der Waals surface area (Å²) in [6.07, 6.45) is 0. The van der Waals surface area contributed by atoms with Crippen LogP contribution in [0.25, 0.3) is 11.5 Å². The number of nitrogens with zero attached hydrogens (tertiary/aromatic N) is 2. The van der Waals surface area contributed by atoms with Crippen LogP contribution < -0.4 is 0 Å². The molecule has 0 spiro atoms. The first kappa shape index (κ1) is 16.5. The zero-order valence-electron chi connectivity index (χ0n) is 11.5. The zero-order valence-corrected chi connectivity index (χ0v) is 14.6. The Morgan fingerprint density at radius 3 is 2.48 bits per heavy atom. The molecule has 0 aliphatic carbocycles. The molecule has 1 unspecified atom stereocenters. The highest BCUT2D eigenvalue weighted by Crippen LogP contribution is 2.28. The van der Waals surface area contributed by atoms with Crippen molar-refractivity contribution in [3.63, 3.8) is 0 Å². The third-order valence-electron chi connectivity index (χ3n) is 2.98. The van der Waals surface area contributed by atoms with Gasteiger partial charge >= 0.3 is 0 Å². The van der Waals surface area contributed by atoms with Gasteiger partial charge in [-0.05, 0) is 30.3 Å². The van der Waals surface area contributed by atoms with Crippen molar-refractivity contribution in [1.29, 1.82) is 0 Å². The molecule has 0 amide bonds. The van der Waals surface area contributed by atoms with Crippen molar-refractivity contribution >= 4 is 45.6 Å². The van der Waals surface area contributed by atoms with Gasteiger partial charge in [-0.3, -0.25) is 4.21 Å². The molecule has 0 bridgehead atoms. The van der Waals surface area contributed by atoms with E-state index < -0.39 is 10.8 Å². The molecule has 3 rings (SSSR count). The van der Waals surface area contributed by atoms with E-state index in [2.05, 4.69) is 10.2 Å². The maximum atomic E-state index is 12.3. The van der Waals surface area contributed by atoms with E-state index in [0.29, 0.717) is 25.5 Å². The summed E-state index contributed by atoms with van der Waals surface area (Å²) in [5.41, 5.74) is 0.633. The smallest absolute Gasteiger partial charge is 0.249 e. The Kier molecular flexibility index (Phi) is 5.02. The molecule has 0 saturated heterocycles. The van der Waals surface area contributed by atoms with Gasteiger partial charge in [0.25, 0.3) is 0 Å². The molecule has 23 heavy (non-hydrogen) atoms. The Labute approximate surface area is 149 Å². The highest BCUT2D eigenvalue weighted by atomic mass is 35.5. The van der Waals surface area contributed by atoms with Crippen molar-refractivity contribution in [2.24, 2.45) is 0 Å². The first-order chi connectivity index (χ1) is 11.0. The number of hydrogen-bond donors (Lipinski definition) is 0. The van der Waals surface area contributed by atoms with Crippen molar-refractivity contribution in [2.45, 2.75) is 10.6 Å². The summed E-state index contributed by atoms with van der Waals surface area (Å²) < 4.78 is 17.9. The molecule has 0 aliphatic rings. The first-order valence-electron chi connectivity index (χ1n) is 6.45. The lowest BCUT2D eigenvalue weighted by molar-refractivity contribution is 0.525. The molecule has 4 nitrogen and oxygen atoms in total. The first-order valence-corrected chi connectivity index (χ1v) is 8.90. The monoisotopic (exact) mass is 386 g/mol. The van der Waals surface area contributed by atoms with Crippen molar-refractivity contribution < 1.29 is 8.63 Å². The number of hydrogen-bond acceptors (Lipinski definition) is 4. The van der Waals surface area contributed by atoms with Crippen molar-refractivity contribution in [1.82, 2.24) is 10.2 Å². The maximum absolute atomic E-state index is 12.3. The molecular formula is C15H9Cl3N2O2S. The van der Waals surface area contributed by atoms with Crippen molar-refractivity contribution in [3.8, 4) is 11.5 Å². The quantitative estimate of drug-likeness (QED) is 0.632. The summed E-state index contributed by atoms with van der Waals surface area (Å²) >= 11 is 17.9. The second-order valence-electron chi connectivity index (χ2n) is 4.55. The summed E-state index contributed by atoms with van der Waals surface area (Å²) in [5.74, 6) is 0.621. The number of aromatic nitrogens is 2. The molecule has 8 heteroatoms. The summed E-state index contributed by atoms with van der Waals surface area (Å²) in [7, 11) is -1.37. The van der Waals surface area contributed by atoms with Gasteiger partial charge in [-0.25, -0.2) is 0 Å². The van der Waals surface area contributed by atoms with E-state index >= 15 is 0 Å². The van der Waals surface area contributed by atoms with E-state index in [1.165, 1.54) is 0 Å². The van der Waals surface area contributed by atoms with E-state index in [0.717, 1.165) is 0 Å². The molecule has 118 valence electrons. The van der Waals surface area contributed by atoms with Crippen LogP contribution in [0.4, 0.5) is 0 Å².